The normalized spacial score (nSPS) is 14.6. The Labute approximate surface area is 655 Å². The van der Waals surface area contributed by atoms with Gasteiger partial charge in [0.2, 0.25) is 0 Å². The quantitative estimate of drug-likeness (QED) is 0.0169. The number of carbonyl (C=O) groups is 4. The summed E-state index contributed by atoms with van der Waals surface area (Å²) >= 11 is 0. The average Bonchev–Trinajstić information content (AvgIpc) is 0.906. The van der Waals surface area contributed by atoms with Gasteiger partial charge in [0.05, 0.1) is 26.4 Å². The van der Waals surface area contributed by atoms with Crippen molar-refractivity contribution in [2.24, 2.45) is 0 Å². The van der Waals surface area contributed by atoms with Crippen LogP contribution >= 0.6 is 15.6 Å². The van der Waals surface area contributed by atoms with E-state index in [0.29, 0.717) is 32.1 Å². The summed E-state index contributed by atoms with van der Waals surface area (Å²) in [6, 6.07) is 0. The molecule has 5 atom stereocenters. The molecule has 0 aromatic rings. The molecule has 5 unspecified atom stereocenters. The van der Waals surface area contributed by atoms with Crippen LogP contribution in [0.5, 0.6) is 0 Å². The maximum Gasteiger partial charge on any atom is 0.472 e. The third kappa shape index (κ3) is 78.8. The minimum atomic E-state index is -5.00. The molecular formula is C89H148O17P2. The largest absolute Gasteiger partial charge is 0.472 e. The van der Waals surface area contributed by atoms with Crippen molar-refractivity contribution in [2.45, 2.75) is 341 Å². The van der Waals surface area contributed by atoms with Gasteiger partial charge in [0.15, 0.2) is 12.2 Å². The summed E-state index contributed by atoms with van der Waals surface area (Å²) in [5.41, 5.74) is 0. The van der Waals surface area contributed by atoms with E-state index in [9.17, 15) is 43.2 Å². The highest BCUT2D eigenvalue weighted by atomic mass is 31.2. The number of esters is 4. The Bertz CT molecular complexity index is 2660. The minimum absolute atomic E-state index is 0.0576. The SMILES string of the molecule is CC/C=C\C/C=C\C/C=C\C/C=C\C/C=C\CCCC(=O)OCC(COP(=O)(O)OCC(O)COP(=O)(O)OCC(COC(=O)CCCCCCCC/C=C\C/C=C\C/C=C\C/C=C\CC)OC(=O)CCCCCC/C=C\C/C=C\C/C=C\C/C=C\CC)OC(=O)CCCCCCCCCCCCCCCCC. The second-order valence-corrected chi connectivity index (χ2v) is 30.2. The summed E-state index contributed by atoms with van der Waals surface area (Å²) in [6.07, 6.45) is 93.6. The Hall–Kier alpha value is -5.32. The summed E-state index contributed by atoms with van der Waals surface area (Å²) in [7, 11) is -10.00. The lowest BCUT2D eigenvalue weighted by molar-refractivity contribution is -0.161. The molecule has 616 valence electrons. The van der Waals surface area contributed by atoms with Gasteiger partial charge in [0.25, 0.3) is 0 Å². The van der Waals surface area contributed by atoms with Crippen LogP contribution in [0.1, 0.15) is 323 Å². The van der Waals surface area contributed by atoms with E-state index in [1.165, 1.54) is 64.2 Å². The Morgan fingerprint density at radius 2 is 0.491 bits per heavy atom. The van der Waals surface area contributed by atoms with Gasteiger partial charge >= 0.3 is 39.5 Å². The van der Waals surface area contributed by atoms with Gasteiger partial charge in [0, 0.05) is 25.7 Å². The van der Waals surface area contributed by atoms with E-state index in [2.05, 4.69) is 174 Å². The lowest BCUT2D eigenvalue weighted by Crippen LogP contribution is -2.30. The number of rotatable bonds is 77. The molecule has 3 N–H and O–H groups in total. The van der Waals surface area contributed by atoms with Crippen LogP contribution < -0.4 is 0 Å². The molecule has 17 nitrogen and oxygen atoms in total. The van der Waals surface area contributed by atoms with Crippen molar-refractivity contribution in [3.8, 4) is 0 Å². The Balaban J connectivity index is 5.46. The van der Waals surface area contributed by atoms with Crippen molar-refractivity contribution in [3.05, 3.63) is 158 Å². The smallest absolute Gasteiger partial charge is 0.462 e. The van der Waals surface area contributed by atoms with Crippen LogP contribution in [0.3, 0.4) is 0 Å². The predicted octanol–water partition coefficient (Wildman–Crippen LogP) is 24.8. The molecular weight excluding hydrogens is 1400 g/mol. The van der Waals surface area contributed by atoms with Gasteiger partial charge in [-0.1, -0.05) is 314 Å². The van der Waals surface area contributed by atoms with Crippen molar-refractivity contribution in [3.63, 3.8) is 0 Å². The van der Waals surface area contributed by atoms with Crippen molar-refractivity contribution < 1.29 is 80.2 Å². The van der Waals surface area contributed by atoms with Crippen molar-refractivity contribution in [1.29, 1.82) is 0 Å². The monoisotopic (exact) mass is 1550 g/mol. The first-order valence-electron chi connectivity index (χ1n) is 41.7. The Morgan fingerprint density at radius 3 is 0.778 bits per heavy atom. The fourth-order valence-corrected chi connectivity index (χ4v) is 12.3. The molecule has 0 aliphatic heterocycles. The average molecular weight is 1550 g/mol. The topological polar surface area (TPSA) is 237 Å². The number of hydrogen-bond donors (Lipinski definition) is 3. The van der Waals surface area contributed by atoms with E-state index < -0.39 is 97.5 Å². The number of ether oxygens (including phenoxy) is 4. The Morgan fingerprint density at radius 1 is 0.269 bits per heavy atom. The van der Waals surface area contributed by atoms with Crippen LogP contribution in [-0.2, 0) is 65.4 Å². The molecule has 0 amide bonds. The van der Waals surface area contributed by atoms with Crippen molar-refractivity contribution >= 4 is 39.5 Å². The molecule has 0 spiro atoms. The zero-order valence-corrected chi connectivity index (χ0v) is 69.3. The van der Waals surface area contributed by atoms with Crippen molar-refractivity contribution in [2.75, 3.05) is 39.6 Å². The number of aliphatic hydroxyl groups is 1. The van der Waals surface area contributed by atoms with E-state index in [1.807, 2.05) is 12.2 Å². The lowest BCUT2D eigenvalue weighted by atomic mass is 10.0. The number of carbonyl (C=O) groups excluding carboxylic acids is 4. The van der Waals surface area contributed by atoms with Gasteiger partial charge < -0.3 is 33.8 Å². The summed E-state index contributed by atoms with van der Waals surface area (Å²) in [6.45, 7) is 4.45. The van der Waals surface area contributed by atoms with E-state index in [0.717, 1.165) is 173 Å². The predicted molar refractivity (Wildman–Crippen MR) is 445 cm³/mol. The molecule has 0 heterocycles. The molecule has 0 saturated carbocycles. The highest BCUT2D eigenvalue weighted by molar-refractivity contribution is 7.47. The number of unbranched alkanes of at least 4 members (excludes halogenated alkanes) is 25. The fraction of sp³-hybridized carbons (Fsp3) is 0.663. The van der Waals surface area contributed by atoms with E-state index in [-0.39, 0.29) is 25.7 Å². The van der Waals surface area contributed by atoms with E-state index in [1.54, 1.807) is 0 Å². The first-order chi connectivity index (χ1) is 52.7. The van der Waals surface area contributed by atoms with Gasteiger partial charge in [-0.3, -0.25) is 37.3 Å². The molecule has 0 rings (SSSR count). The maximum absolute atomic E-state index is 13.1. The zero-order valence-electron chi connectivity index (χ0n) is 67.5. The second kappa shape index (κ2) is 79.8. The highest BCUT2D eigenvalue weighted by Gasteiger charge is 2.30. The molecule has 0 bridgehead atoms. The van der Waals surface area contributed by atoms with Crippen LogP contribution in [0.4, 0.5) is 0 Å². The van der Waals surface area contributed by atoms with E-state index >= 15 is 0 Å². The molecule has 0 aromatic heterocycles. The summed E-state index contributed by atoms with van der Waals surface area (Å²) in [5, 5.41) is 10.7. The summed E-state index contributed by atoms with van der Waals surface area (Å²) in [5.74, 6) is -2.28. The maximum atomic E-state index is 13.1. The van der Waals surface area contributed by atoms with Crippen LogP contribution in [0.2, 0.25) is 0 Å². The summed E-state index contributed by atoms with van der Waals surface area (Å²) in [4.78, 5) is 73.2. The third-order valence-corrected chi connectivity index (χ3v) is 18.9. The molecule has 108 heavy (non-hydrogen) atoms. The molecule has 0 radical (unpaired) electrons. The molecule has 19 heteroatoms. The van der Waals surface area contributed by atoms with E-state index in [4.69, 9.17) is 37.0 Å². The van der Waals surface area contributed by atoms with Crippen LogP contribution in [0.25, 0.3) is 0 Å². The summed E-state index contributed by atoms with van der Waals surface area (Å²) < 4.78 is 68.7. The van der Waals surface area contributed by atoms with Gasteiger partial charge in [-0.15, -0.1) is 0 Å². The van der Waals surface area contributed by atoms with Crippen LogP contribution in [-0.4, -0.2) is 96.7 Å². The van der Waals surface area contributed by atoms with Gasteiger partial charge in [-0.05, 0) is 141 Å². The van der Waals surface area contributed by atoms with Gasteiger partial charge in [-0.25, -0.2) is 9.13 Å². The highest BCUT2D eigenvalue weighted by Crippen LogP contribution is 2.45. The first-order valence-corrected chi connectivity index (χ1v) is 44.7. The van der Waals surface area contributed by atoms with Gasteiger partial charge in [0.1, 0.15) is 19.3 Å². The molecule has 0 aliphatic rings. The molecule has 0 fully saturated rings. The minimum Gasteiger partial charge on any atom is -0.462 e. The molecule has 0 aromatic carbocycles. The number of allylic oxidation sites excluding steroid dienone is 26. The number of hydrogen-bond acceptors (Lipinski definition) is 15. The number of phosphoric ester groups is 2. The lowest BCUT2D eigenvalue weighted by Gasteiger charge is -2.21. The number of aliphatic hydroxyl groups excluding tert-OH is 1. The third-order valence-electron chi connectivity index (χ3n) is 17.0. The number of phosphoric acid groups is 2. The second-order valence-electron chi connectivity index (χ2n) is 27.3. The molecule has 0 aliphatic carbocycles. The standard InChI is InChI=1S/C89H148O17P2/c1-5-9-13-17-21-25-29-33-37-40-41-44-47-50-54-58-62-66-70-74-87(92)100-80-85(106-89(94)76-72-68-64-60-56-52-48-43-39-35-31-27-23-19-15-11-7-3)82-104-108(97,98)102-78-83(90)77-101-107(95,96)103-81-84(105-88(93)75-71-67-63-59-55-51-45-36-32-28-24-20-16-12-8-4)79-99-86(91)73-69-65-61-57-53-49-46-42-38-34-30-26-22-18-14-10-6-2/h9-11,13-15,21-23,25-27,33-35,37-39,41,44,46,48-49,52,57,61,83-85,90H,5-8,12,16-20,24,28-32,36,40,42-43,45,47,50-51,53-56,58-60,62-82H2,1-4H3,(H,95,96)(H,97,98)/b13-9-,14-10-,15-11-,25-21-,26-22-,27-23-,37-33-,38-34-,39-35-,44-41-,49-46-,52-48-,61-57-. The van der Waals surface area contributed by atoms with Crippen LogP contribution in [0, 0.1) is 0 Å². The Kier molecular flexibility index (Phi) is 75.8. The van der Waals surface area contributed by atoms with Crippen molar-refractivity contribution in [1.82, 2.24) is 0 Å². The first kappa shape index (κ1) is 103. The fourth-order valence-electron chi connectivity index (χ4n) is 10.8. The van der Waals surface area contributed by atoms with Gasteiger partial charge in [-0.2, -0.15) is 0 Å². The molecule has 0 saturated heterocycles. The zero-order chi connectivity index (χ0) is 78.9. The van der Waals surface area contributed by atoms with Crippen LogP contribution in [0.15, 0.2) is 158 Å².